The van der Waals surface area contributed by atoms with E-state index in [0.29, 0.717) is 0 Å². The van der Waals surface area contributed by atoms with Crippen molar-refractivity contribution in [1.82, 2.24) is 14.8 Å². The molecule has 1 saturated heterocycles. The monoisotopic (exact) mass is 253 g/mol. The fraction of sp³-hybridized carbons (Fsp3) is 0.769. The van der Waals surface area contributed by atoms with E-state index >= 15 is 0 Å². The van der Waals surface area contributed by atoms with Crippen molar-refractivity contribution in [2.45, 2.75) is 33.2 Å². The zero-order chi connectivity index (χ0) is 12.1. The molecule has 0 radical (unpaired) electrons. The Morgan fingerprint density at radius 2 is 2.18 bits per heavy atom. The van der Waals surface area contributed by atoms with Gasteiger partial charge in [0.15, 0.2) is 0 Å². The van der Waals surface area contributed by atoms with E-state index in [9.17, 15) is 0 Å². The smallest absolute Gasteiger partial charge is 0.0798 e. The van der Waals surface area contributed by atoms with Crippen LogP contribution in [-0.2, 0) is 6.54 Å². The molecule has 0 spiro atoms. The van der Waals surface area contributed by atoms with Crippen molar-refractivity contribution in [3.8, 4) is 0 Å². The first-order valence-corrected chi connectivity index (χ1v) is 7.51. The van der Waals surface area contributed by atoms with Crippen LogP contribution in [0.2, 0.25) is 0 Å². The van der Waals surface area contributed by atoms with Crippen LogP contribution in [-0.4, -0.2) is 47.5 Å². The Labute approximate surface area is 108 Å². The number of aryl methyl sites for hydroxylation is 1. The van der Waals surface area contributed by atoms with Crippen LogP contribution in [0.3, 0.4) is 0 Å². The summed E-state index contributed by atoms with van der Waals surface area (Å²) in [4.78, 5) is 10.9. The van der Waals surface area contributed by atoms with Gasteiger partial charge in [-0.1, -0.05) is 6.92 Å². The zero-order valence-electron chi connectivity index (χ0n) is 11.0. The summed E-state index contributed by atoms with van der Waals surface area (Å²) >= 11 is 1.78. The second-order valence-corrected chi connectivity index (χ2v) is 5.72. The lowest BCUT2D eigenvalue weighted by Gasteiger charge is -2.23. The molecule has 4 heteroatoms. The molecule has 0 atom stereocenters. The first-order valence-electron chi connectivity index (χ1n) is 6.63. The lowest BCUT2D eigenvalue weighted by atomic mass is 10.3. The molecular weight excluding hydrogens is 230 g/mol. The molecule has 1 aliphatic rings. The lowest BCUT2D eigenvalue weighted by molar-refractivity contribution is 0.228. The van der Waals surface area contributed by atoms with Crippen LogP contribution in [0.4, 0.5) is 0 Å². The molecular formula is C13H23N3S. The number of hydrogen-bond acceptors (Lipinski definition) is 4. The van der Waals surface area contributed by atoms with E-state index in [1.54, 1.807) is 11.3 Å². The van der Waals surface area contributed by atoms with Crippen molar-refractivity contribution >= 4 is 11.3 Å². The van der Waals surface area contributed by atoms with Crippen LogP contribution < -0.4 is 0 Å². The first kappa shape index (κ1) is 13.0. The number of likely N-dealkylation sites (N-methyl/N-ethyl adjacent to an activating group) is 1. The second kappa shape index (κ2) is 6.47. The van der Waals surface area contributed by atoms with Gasteiger partial charge in [-0.3, -0.25) is 4.90 Å². The SMILES string of the molecule is CCN(CCN1CCCC1)Cc1scnc1C. The number of aromatic nitrogens is 1. The van der Waals surface area contributed by atoms with Gasteiger partial charge in [0.2, 0.25) is 0 Å². The summed E-state index contributed by atoms with van der Waals surface area (Å²) in [5, 5.41) is 0. The average Bonchev–Trinajstić information content (AvgIpc) is 2.96. The van der Waals surface area contributed by atoms with E-state index in [2.05, 4.69) is 28.6 Å². The summed E-state index contributed by atoms with van der Waals surface area (Å²) in [7, 11) is 0. The summed E-state index contributed by atoms with van der Waals surface area (Å²) in [5.41, 5.74) is 3.16. The van der Waals surface area contributed by atoms with Crippen molar-refractivity contribution in [1.29, 1.82) is 0 Å². The van der Waals surface area contributed by atoms with Crippen LogP contribution in [0.25, 0.3) is 0 Å². The molecule has 1 fully saturated rings. The van der Waals surface area contributed by atoms with Gasteiger partial charge in [-0.05, 0) is 39.4 Å². The van der Waals surface area contributed by atoms with Crippen LogP contribution >= 0.6 is 11.3 Å². The van der Waals surface area contributed by atoms with Gasteiger partial charge in [0.05, 0.1) is 11.2 Å². The minimum atomic E-state index is 1.07. The highest BCUT2D eigenvalue weighted by atomic mass is 32.1. The van der Waals surface area contributed by atoms with Crippen molar-refractivity contribution < 1.29 is 0 Å². The van der Waals surface area contributed by atoms with Crippen molar-refractivity contribution in [3.63, 3.8) is 0 Å². The molecule has 1 aromatic rings. The quantitative estimate of drug-likeness (QED) is 0.776. The summed E-state index contributed by atoms with van der Waals surface area (Å²) < 4.78 is 0. The summed E-state index contributed by atoms with van der Waals surface area (Å²) in [6.07, 6.45) is 2.78. The molecule has 1 aromatic heterocycles. The highest BCUT2D eigenvalue weighted by Gasteiger charge is 2.13. The van der Waals surface area contributed by atoms with E-state index in [4.69, 9.17) is 0 Å². The van der Waals surface area contributed by atoms with E-state index < -0.39 is 0 Å². The van der Waals surface area contributed by atoms with Gasteiger partial charge in [-0.25, -0.2) is 4.98 Å². The summed E-state index contributed by atoms with van der Waals surface area (Å²) in [6, 6.07) is 0. The Morgan fingerprint density at radius 1 is 1.41 bits per heavy atom. The summed E-state index contributed by atoms with van der Waals surface area (Å²) in [6.45, 7) is 11.6. The molecule has 1 aliphatic heterocycles. The Kier molecular flexibility index (Phi) is 4.95. The lowest BCUT2D eigenvalue weighted by Crippen LogP contribution is -2.33. The largest absolute Gasteiger partial charge is 0.302 e. The highest BCUT2D eigenvalue weighted by Crippen LogP contribution is 2.15. The Morgan fingerprint density at radius 3 is 2.76 bits per heavy atom. The van der Waals surface area contributed by atoms with E-state index in [1.165, 1.54) is 49.6 Å². The predicted octanol–water partition coefficient (Wildman–Crippen LogP) is 2.37. The maximum Gasteiger partial charge on any atom is 0.0798 e. The predicted molar refractivity (Wildman–Crippen MR) is 73.5 cm³/mol. The minimum absolute atomic E-state index is 1.07. The van der Waals surface area contributed by atoms with E-state index in [-0.39, 0.29) is 0 Å². The Bertz CT molecular complexity index is 331. The molecule has 0 aromatic carbocycles. The molecule has 0 saturated carbocycles. The van der Waals surface area contributed by atoms with Gasteiger partial charge in [-0.2, -0.15) is 0 Å². The van der Waals surface area contributed by atoms with Gasteiger partial charge in [-0.15, -0.1) is 11.3 Å². The Balaban J connectivity index is 1.78. The van der Waals surface area contributed by atoms with Gasteiger partial charge in [0.1, 0.15) is 0 Å². The molecule has 2 heterocycles. The normalized spacial score (nSPS) is 17.1. The molecule has 3 nitrogen and oxygen atoms in total. The maximum atomic E-state index is 4.32. The van der Waals surface area contributed by atoms with Gasteiger partial charge < -0.3 is 4.90 Å². The Hall–Kier alpha value is -0.450. The van der Waals surface area contributed by atoms with Crippen LogP contribution in [0.15, 0.2) is 5.51 Å². The first-order chi connectivity index (χ1) is 8.29. The number of rotatable bonds is 6. The van der Waals surface area contributed by atoms with Gasteiger partial charge in [0.25, 0.3) is 0 Å². The third-order valence-electron chi connectivity index (χ3n) is 3.59. The fourth-order valence-corrected chi connectivity index (χ4v) is 3.14. The topological polar surface area (TPSA) is 19.4 Å². The van der Waals surface area contributed by atoms with Crippen molar-refractivity contribution in [2.75, 3.05) is 32.7 Å². The maximum absolute atomic E-state index is 4.32. The molecule has 2 rings (SSSR count). The fourth-order valence-electron chi connectivity index (χ4n) is 2.32. The average molecular weight is 253 g/mol. The zero-order valence-corrected chi connectivity index (χ0v) is 11.8. The molecule has 0 N–H and O–H groups in total. The van der Waals surface area contributed by atoms with Gasteiger partial charge in [0, 0.05) is 24.5 Å². The molecule has 0 unspecified atom stereocenters. The highest BCUT2D eigenvalue weighted by molar-refractivity contribution is 7.09. The minimum Gasteiger partial charge on any atom is -0.302 e. The number of thiazole rings is 1. The molecule has 17 heavy (non-hydrogen) atoms. The van der Waals surface area contributed by atoms with Crippen LogP contribution in [0.5, 0.6) is 0 Å². The standard InChI is InChI=1S/C13H23N3S/c1-3-15(8-9-16-6-4-5-7-16)10-13-12(2)14-11-17-13/h11H,3-10H2,1-2H3. The van der Waals surface area contributed by atoms with E-state index in [0.717, 1.165) is 13.1 Å². The number of likely N-dealkylation sites (tertiary alicyclic amines) is 1. The van der Waals surface area contributed by atoms with Gasteiger partial charge >= 0.3 is 0 Å². The molecule has 96 valence electrons. The van der Waals surface area contributed by atoms with E-state index in [1.807, 2.05) is 5.51 Å². The number of hydrogen-bond donors (Lipinski definition) is 0. The van der Waals surface area contributed by atoms with Crippen molar-refractivity contribution in [3.05, 3.63) is 16.1 Å². The van der Waals surface area contributed by atoms with Crippen LogP contribution in [0.1, 0.15) is 30.3 Å². The molecule has 0 bridgehead atoms. The third-order valence-corrected chi connectivity index (χ3v) is 4.51. The second-order valence-electron chi connectivity index (χ2n) is 4.78. The third kappa shape index (κ3) is 3.76. The summed E-state index contributed by atoms with van der Waals surface area (Å²) in [5.74, 6) is 0. The van der Waals surface area contributed by atoms with Crippen molar-refractivity contribution in [2.24, 2.45) is 0 Å². The number of nitrogens with zero attached hydrogens (tertiary/aromatic N) is 3. The van der Waals surface area contributed by atoms with Crippen LogP contribution in [0, 0.1) is 6.92 Å². The molecule has 0 amide bonds. The molecule has 0 aliphatic carbocycles.